The largest absolute Gasteiger partial charge is 0.337 e. The highest BCUT2D eigenvalue weighted by atomic mass is 15.4. The Labute approximate surface area is 152 Å². The Hall–Kier alpha value is -2.96. The van der Waals surface area contributed by atoms with Crippen LogP contribution in [0.3, 0.4) is 0 Å². The zero-order chi connectivity index (χ0) is 18.1. The maximum absolute atomic E-state index is 4.97. The molecule has 0 atom stereocenters. The molecular weight excluding hydrogens is 326 g/mol. The van der Waals surface area contributed by atoms with Crippen LogP contribution in [0.4, 0.5) is 5.95 Å². The van der Waals surface area contributed by atoms with Crippen molar-refractivity contribution in [2.24, 2.45) is 7.05 Å². The smallest absolute Gasteiger partial charge is 0.213 e. The summed E-state index contributed by atoms with van der Waals surface area (Å²) in [6.07, 6.45) is 6.01. The third kappa shape index (κ3) is 2.79. The zero-order valence-electron chi connectivity index (χ0n) is 15.4. The van der Waals surface area contributed by atoms with Gasteiger partial charge in [-0.2, -0.15) is 0 Å². The predicted octanol–water partition coefficient (Wildman–Crippen LogP) is 3.13. The zero-order valence-corrected chi connectivity index (χ0v) is 15.4. The number of anilines is 1. The van der Waals surface area contributed by atoms with E-state index in [1.54, 1.807) is 0 Å². The van der Waals surface area contributed by atoms with Crippen molar-refractivity contribution in [1.82, 2.24) is 29.1 Å². The average Bonchev–Trinajstić information content (AvgIpc) is 3.24. The predicted molar refractivity (Wildman–Crippen MR) is 102 cm³/mol. The third-order valence-corrected chi connectivity index (χ3v) is 4.71. The number of fused-ring (bicyclic) bond motifs is 3. The standard InChI is InChI=1S/C19H23N7/c1-4-5-11-25(13-17-20-10-12-24(17)3)19-21-16-9-7-6-8-15(16)18-23-22-14(2)26(18)19/h6-10,12H,4-5,11,13H2,1-3H3. The third-order valence-electron chi connectivity index (χ3n) is 4.71. The lowest BCUT2D eigenvalue weighted by Gasteiger charge is -2.24. The number of hydrogen-bond acceptors (Lipinski definition) is 5. The summed E-state index contributed by atoms with van der Waals surface area (Å²) < 4.78 is 4.11. The van der Waals surface area contributed by atoms with Crippen molar-refractivity contribution in [2.75, 3.05) is 11.4 Å². The molecular formula is C19H23N7. The molecule has 1 aromatic carbocycles. The lowest BCUT2D eigenvalue weighted by Crippen LogP contribution is -2.28. The van der Waals surface area contributed by atoms with Gasteiger partial charge in [0.2, 0.25) is 5.95 Å². The molecule has 134 valence electrons. The molecule has 3 heterocycles. The molecule has 7 heteroatoms. The van der Waals surface area contributed by atoms with Crippen molar-refractivity contribution >= 4 is 22.5 Å². The van der Waals surface area contributed by atoms with Gasteiger partial charge < -0.3 is 9.47 Å². The molecule has 0 aliphatic carbocycles. The lowest BCUT2D eigenvalue weighted by molar-refractivity contribution is 0.658. The molecule has 0 radical (unpaired) electrons. The molecule has 26 heavy (non-hydrogen) atoms. The van der Waals surface area contributed by atoms with Gasteiger partial charge in [0, 0.05) is 31.4 Å². The van der Waals surface area contributed by atoms with Gasteiger partial charge in [-0.15, -0.1) is 10.2 Å². The molecule has 4 aromatic rings. The van der Waals surface area contributed by atoms with Gasteiger partial charge in [0.25, 0.3) is 0 Å². The summed E-state index contributed by atoms with van der Waals surface area (Å²) >= 11 is 0. The molecule has 0 aliphatic heterocycles. The maximum Gasteiger partial charge on any atom is 0.213 e. The topological polar surface area (TPSA) is 64.1 Å². The summed E-state index contributed by atoms with van der Waals surface area (Å²) in [6, 6.07) is 8.09. The molecule has 4 rings (SSSR count). The van der Waals surface area contributed by atoms with E-state index in [1.165, 1.54) is 0 Å². The molecule has 0 saturated carbocycles. The van der Waals surface area contributed by atoms with E-state index < -0.39 is 0 Å². The molecule has 0 aliphatic rings. The minimum absolute atomic E-state index is 0.696. The summed E-state index contributed by atoms with van der Waals surface area (Å²) in [7, 11) is 2.02. The number of imidazole rings is 1. The summed E-state index contributed by atoms with van der Waals surface area (Å²) in [5.74, 6) is 2.72. The van der Waals surface area contributed by atoms with Crippen molar-refractivity contribution in [3.05, 3.63) is 48.3 Å². The van der Waals surface area contributed by atoms with Crippen LogP contribution < -0.4 is 4.90 Å². The Morgan fingerprint density at radius 2 is 2.00 bits per heavy atom. The van der Waals surface area contributed by atoms with Gasteiger partial charge in [0.15, 0.2) is 5.65 Å². The summed E-state index contributed by atoms with van der Waals surface area (Å²) in [4.78, 5) is 11.7. The van der Waals surface area contributed by atoms with Gasteiger partial charge in [-0.3, -0.25) is 0 Å². The van der Waals surface area contributed by atoms with Crippen LogP contribution >= 0.6 is 0 Å². The Morgan fingerprint density at radius 3 is 2.77 bits per heavy atom. The number of hydrogen-bond donors (Lipinski definition) is 0. The number of aryl methyl sites for hydroxylation is 2. The SMILES string of the molecule is CCCCN(Cc1nccn1C)c1nc2ccccc2c2nnc(C)n12. The van der Waals surface area contributed by atoms with Crippen LogP contribution in [0.15, 0.2) is 36.7 Å². The highest BCUT2D eigenvalue weighted by molar-refractivity contribution is 5.92. The van der Waals surface area contributed by atoms with Crippen LogP contribution in [0.25, 0.3) is 16.6 Å². The van der Waals surface area contributed by atoms with Gasteiger partial charge in [-0.1, -0.05) is 25.5 Å². The number of aromatic nitrogens is 6. The first-order valence-electron chi connectivity index (χ1n) is 9.00. The van der Waals surface area contributed by atoms with E-state index in [2.05, 4.69) is 36.0 Å². The van der Waals surface area contributed by atoms with Crippen molar-refractivity contribution in [2.45, 2.75) is 33.2 Å². The second-order valence-corrected chi connectivity index (χ2v) is 6.56. The second kappa shape index (κ2) is 6.74. The fraction of sp³-hybridized carbons (Fsp3) is 0.368. The molecule has 3 aromatic heterocycles. The van der Waals surface area contributed by atoms with Crippen LogP contribution in [0.1, 0.15) is 31.4 Å². The fourth-order valence-electron chi connectivity index (χ4n) is 3.22. The van der Waals surface area contributed by atoms with Crippen molar-refractivity contribution in [1.29, 1.82) is 0 Å². The molecule has 0 unspecified atom stereocenters. The van der Waals surface area contributed by atoms with Crippen molar-refractivity contribution in [3.8, 4) is 0 Å². The van der Waals surface area contributed by atoms with Gasteiger partial charge >= 0.3 is 0 Å². The number of rotatable bonds is 6. The van der Waals surface area contributed by atoms with Crippen LogP contribution in [0.2, 0.25) is 0 Å². The van der Waals surface area contributed by atoms with E-state index >= 15 is 0 Å². The Balaban J connectivity index is 1.89. The number of para-hydroxylation sites is 1. The molecule has 0 fully saturated rings. The van der Waals surface area contributed by atoms with E-state index in [9.17, 15) is 0 Å². The van der Waals surface area contributed by atoms with E-state index in [4.69, 9.17) is 4.98 Å². The number of benzene rings is 1. The fourth-order valence-corrected chi connectivity index (χ4v) is 3.22. The quantitative estimate of drug-likeness (QED) is 0.535. The Bertz CT molecular complexity index is 1050. The first-order chi connectivity index (χ1) is 12.7. The summed E-state index contributed by atoms with van der Waals surface area (Å²) in [5.41, 5.74) is 1.79. The monoisotopic (exact) mass is 349 g/mol. The highest BCUT2D eigenvalue weighted by Crippen LogP contribution is 2.25. The van der Waals surface area contributed by atoms with Crippen LogP contribution in [0.5, 0.6) is 0 Å². The number of nitrogens with zero attached hydrogens (tertiary/aromatic N) is 7. The van der Waals surface area contributed by atoms with Crippen molar-refractivity contribution in [3.63, 3.8) is 0 Å². The minimum Gasteiger partial charge on any atom is -0.337 e. The Morgan fingerprint density at radius 1 is 1.15 bits per heavy atom. The minimum atomic E-state index is 0.696. The van der Waals surface area contributed by atoms with E-state index in [0.717, 1.165) is 53.5 Å². The summed E-state index contributed by atoms with van der Waals surface area (Å²) in [6.45, 7) is 5.77. The first kappa shape index (κ1) is 16.5. The molecule has 0 N–H and O–H groups in total. The normalized spacial score (nSPS) is 11.5. The Kier molecular flexibility index (Phi) is 4.28. The van der Waals surface area contributed by atoms with E-state index in [0.29, 0.717) is 6.54 Å². The van der Waals surface area contributed by atoms with Crippen LogP contribution in [-0.4, -0.2) is 35.7 Å². The van der Waals surface area contributed by atoms with Crippen LogP contribution in [-0.2, 0) is 13.6 Å². The lowest BCUT2D eigenvalue weighted by atomic mass is 10.2. The van der Waals surface area contributed by atoms with Gasteiger partial charge in [-0.05, 0) is 25.5 Å². The molecule has 7 nitrogen and oxygen atoms in total. The van der Waals surface area contributed by atoms with Gasteiger partial charge in [-0.25, -0.2) is 14.4 Å². The van der Waals surface area contributed by atoms with Gasteiger partial charge in [0.05, 0.1) is 12.1 Å². The molecule has 0 saturated heterocycles. The molecule has 0 amide bonds. The average molecular weight is 349 g/mol. The summed E-state index contributed by atoms with van der Waals surface area (Å²) in [5, 5.41) is 9.74. The van der Waals surface area contributed by atoms with E-state index in [-0.39, 0.29) is 0 Å². The van der Waals surface area contributed by atoms with Gasteiger partial charge in [0.1, 0.15) is 11.6 Å². The van der Waals surface area contributed by atoms with Crippen molar-refractivity contribution < 1.29 is 0 Å². The molecule has 0 bridgehead atoms. The highest BCUT2D eigenvalue weighted by Gasteiger charge is 2.19. The van der Waals surface area contributed by atoms with Crippen LogP contribution in [0, 0.1) is 6.92 Å². The second-order valence-electron chi connectivity index (χ2n) is 6.56. The first-order valence-corrected chi connectivity index (χ1v) is 9.00. The number of unbranched alkanes of at least 4 members (excludes halogenated alkanes) is 1. The maximum atomic E-state index is 4.97. The molecule has 0 spiro atoms. The van der Waals surface area contributed by atoms with E-state index in [1.807, 2.05) is 50.6 Å².